The summed E-state index contributed by atoms with van der Waals surface area (Å²) >= 11 is 0. The molecule has 2 fully saturated rings. The normalized spacial score (nSPS) is 20.6. The quantitative estimate of drug-likeness (QED) is 0.800. The van der Waals surface area contributed by atoms with Gasteiger partial charge in [0, 0.05) is 49.8 Å². The summed E-state index contributed by atoms with van der Waals surface area (Å²) in [5.74, 6) is 0. The number of piperazine rings is 1. The maximum absolute atomic E-state index is 4.37. The zero-order valence-corrected chi connectivity index (χ0v) is 15.1. The van der Waals surface area contributed by atoms with Gasteiger partial charge in [-0.05, 0) is 18.4 Å². The van der Waals surface area contributed by atoms with Crippen molar-refractivity contribution in [1.82, 2.24) is 20.4 Å². The lowest BCUT2D eigenvalue weighted by atomic mass is 10.1. The van der Waals surface area contributed by atoms with Crippen molar-refractivity contribution in [3.63, 3.8) is 0 Å². The van der Waals surface area contributed by atoms with E-state index in [1.807, 2.05) is 6.07 Å². The molecule has 4 nitrogen and oxygen atoms in total. The molecule has 2 aliphatic heterocycles. The van der Waals surface area contributed by atoms with Crippen molar-refractivity contribution in [3.8, 4) is 0 Å². The number of rotatable bonds is 7. The van der Waals surface area contributed by atoms with E-state index < -0.39 is 0 Å². The van der Waals surface area contributed by atoms with Gasteiger partial charge in [0.15, 0.2) is 0 Å². The Morgan fingerprint density at radius 3 is 2.76 bits per heavy atom. The third kappa shape index (κ3) is 4.45. The van der Waals surface area contributed by atoms with Crippen LogP contribution in [0.5, 0.6) is 0 Å². The molecule has 0 spiro atoms. The standard InChI is InChI=1S/C21H30N4/c1-17-14-22-11-13-24(17)16-18(2)25-12-7-10-21(25)19(3)23-15-20-8-5-4-6-9-20/h4-6,8-9,21-23H,1-3,7,10-16H2. The first-order valence-electron chi connectivity index (χ1n) is 9.19. The molecule has 0 bridgehead atoms. The Hall–Kier alpha value is -2.20. The van der Waals surface area contributed by atoms with Crippen LogP contribution in [0.2, 0.25) is 0 Å². The molecular formula is C21H30N4. The fraction of sp³-hybridized carbons (Fsp3) is 0.429. The van der Waals surface area contributed by atoms with Crippen molar-refractivity contribution < 1.29 is 0 Å². The summed E-state index contributed by atoms with van der Waals surface area (Å²) in [5.41, 5.74) is 4.71. The number of benzene rings is 1. The predicted molar refractivity (Wildman–Crippen MR) is 105 cm³/mol. The zero-order chi connectivity index (χ0) is 17.6. The third-order valence-corrected chi connectivity index (χ3v) is 5.13. The number of likely N-dealkylation sites (tertiary alicyclic amines) is 1. The van der Waals surface area contributed by atoms with Crippen molar-refractivity contribution >= 4 is 0 Å². The smallest absolute Gasteiger partial charge is 0.0680 e. The molecule has 0 radical (unpaired) electrons. The van der Waals surface area contributed by atoms with Crippen LogP contribution in [-0.4, -0.2) is 48.6 Å². The molecule has 1 unspecified atom stereocenters. The Morgan fingerprint density at radius 1 is 1.20 bits per heavy atom. The molecule has 134 valence electrons. The van der Waals surface area contributed by atoms with E-state index in [2.05, 4.69) is 64.4 Å². The summed E-state index contributed by atoms with van der Waals surface area (Å²) in [6, 6.07) is 10.8. The summed E-state index contributed by atoms with van der Waals surface area (Å²) in [6.07, 6.45) is 2.33. The molecule has 2 saturated heterocycles. The molecule has 0 aliphatic carbocycles. The van der Waals surface area contributed by atoms with Gasteiger partial charge in [-0.3, -0.25) is 0 Å². The Labute approximate surface area is 151 Å². The molecule has 0 saturated carbocycles. The summed E-state index contributed by atoms with van der Waals surface area (Å²) in [4.78, 5) is 4.77. The van der Waals surface area contributed by atoms with Gasteiger partial charge in [0.05, 0.1) is 12.6 Å². The van der Waals surface area contributed by atoms with E-state index in [1.54, 1.807) is 0 Å². The summed E-state index contributed by atoms with van der Waals surface area (Å²) in [5, 5.41) is 6.88. The van der Waals surface area contributed by atoms with Crippen molar-refractivity contribution in [2.45, 2.75) is 25.4 Å². The molecule has 25 heavy (non-hydrogen) atoms. The van der Waals surface area contributed by atoms with Gasteiger partial charge in [-0.2, -0.15) is 0 Å². The van der Waals surface area contributed by atoms with Gasteiger partial charge >= 0.3 is 0 Å². The molecule has 2 aliphatic rings. The third-order valence-electron chi connectivity index (χ3n) is 5.13. The number of hydrogen-bond acceptors (Lipinski definition) is 4. The van der Waals surface area contributed by atoms with Gasteiger partial charge in [-0.1, -0.05) is 50.1 Å². The molecular weight excluding hydrogens is 308 g/mol. The van der Waals surface area contributed by atoms with Gasteiger partial charge in [0.2, 0.25) is 0 Å². The molecule has 0 amide bonds. The highest BCUT2D eigenvalue weighted by Crippen LogP contribution is 2.26. The number of hydrogen-bond donors (Lipinski definition) is 2. The van der Waals surface area contributed by atoms with Crippen LogP contribution in [0.25, 0.3) is 0 Å². The highest BCUT2D eigenvalue weighted by Gasteiger charge is 2.28. The van der Waals surface area contributed by atoms with Gasteiger partial charge in [-0.25, -0.2) is 0 Å². The van der Waals surface area contributed by atoms with Gasteiger partial charge < -0.3 is 20.4 Å². The summed E-state index contributed by atoms with van der Waals surface area (Å²) < 4.78 is 0. The van der Waals surface area contributed by atoms with Crippen LogP contribution in [0.15, 0.2) is 67.2 Å². The largest absolute Gasteiger partial charge is 0.383 e. The van der Waals surface area contributed by atoms with Crippen molar-refractivity contribution in [2.24, 2.45) is 0 Å². The molecule has 3 rings (SSSR count). The first-order chi connectivity index (χ1) is 12.1. The second-order valence-electron chi connectivity index (χ2n) is 6.95. The lowest BCUT2D eigenvalue weighted by Gasteiger charge is -2.36. The van der Waals surface area contributed by atoms with E-state index in [-0.39, 0.29) is 0 Å². The predicted octanol–water partition coefficient (Wildman–Crippen LogP) is 2.69. The average Bonchev–Trinajstić information content (AvgIpc) is 3.12. The monoisotopic (exact) mass is 338 g/mol. The van der Waals surface area contributed by atoms with Gasteiger partial charge in [0.1, 0.15) is 0 Å². The SMILES string of the molecule is C=C(NCc1ccccc1)C1CCCN1C(=C)CN1CCNCC1=C. The van der Waals surface area contributed by atoms with Crippen LogP contribution in [0.3, 0.4) is 0 Å². The van der Waals surface area contributed by atoms with Crippen LogP contribution in [0.4, 0.5) is 0 Å². The highest BCUT2D eigenvalue weighted by atomic mass is 15.3. The summed E-state index contributed by atoms with van der Waals surface area (Å²) in [7, 11) is 0. The zero-order valence-electron chi connectivity index (χ0n) is 15.1. The maximum Gasteiger partial charge on any atom is 0.0680 e. The van der Waals surface area contributed by atoms with Gasteiger partial charge in [-0.15, -0.1) is 0 Å². The topological polar surface area (TPSA) is 30.5 Å². The Morgan fingerprint density at radius 2 is 2.00 bits per heavy atom. The molecule has 2 heterocycles. The Balaban J connectivity index is 1.54. The van der Waals surface area contributed by atoms with E-state index in [0.29, 0.717) is 6.04 Å². The molecule has 2 N–H and O–H groups in total. The number of nitrogens with zero attached hydrogens (tertiary/aromatic N) is 2. The van der Waals surface area contributed by atoms with Crippen LogP contribution < -0.4 is 10.6 Å². The molecule has 1 aromatic carbocycles. The lowest BCUT2D eigenvalue weighted by Crippen LogP contribution is -2.44. The summed E-state index contributed by atoms with van der Waals surface area (Å²) in [6.45, 7) is 18.5. The molecule has 0 aromatic heterocycles. The van der Waals surface area contributed by atoms with Crippen molar-refractivity contribution in [1.29, 1.82) is 0 Å². The molecule has 1 aromatic rings. The number of nitrogens with one attached hydrogen (secondary N) is 2. The fourth-order valence-corrected chi connectivity index (χ4v) is 3.66. The highest BCUT2D eigenvalue weighted by molar-refractivity contribution is 5.18. The van der Waals surface area contributed by atoms with Crippen LogP contribution >= 0.6 is 0 Å². The van der Waals surface area contributed by atoms with Crippen LogP contribution in [0, 0.1) is 0 Å². The Kier molecular flexibility index (Phi) is 5.82. The minimum atomic E-state index is 0.340. The van der Waals surface area contributed by atoms with Crippen LogP contribution in [0.1, 0.15) is 18.4 Å². The van der Waals surface area contributed by atoms with Crippen molar-refractivity contribution in [2.75, 3.05) is 32.7 Å². The van der Waals surface area contributed by atoms with E-state index >= 15 is 0 Å². The first kappa shape index (κ1) is 17.6. The van der Waals surface area contributed by atoms with E-state index in [0.717, 1.165) is 57.1 Å². The van der Waals surface area contributed by atoms with Crippen molar-refractivity contribution in [3.05, 3.63) is 72.7 Å². The minimum absolute atomic E-state index is 0.340. The maximum atomic E-state index is 4.37. The Bertz CT molecular complexity index is 622. The van der Waals surface area contributed by atoms with E-state index in [4.69, 9.17) is 0 Å². The fourth-order valence-electron chi connectivity index (χ4n) is 3.66. The lowest BCUT2D eigenvalue weighted by molar-refractivity contribution is 0.267. The van der Waals surface area contributed by atoms with E-state index in [9.17, 15) is 0 Å². The second-order valence-corrected chi connectivity index (χ2v) is 6.95. The van der Waals surface area contributed by atoms with E-state index in [1.165, 1.54) is 17.7 Å². The average molecular weight is 338 g/mol. The van der Waals surface area contributed by atoms with Gasteiger partial charge in [0.25, 0.3) is 0 Å². The molecule has 4 heteroatoms. The van der Waals surface area contributed by atoms with Crippen LogP contribution in [-0.2, 0) is 6.54 Å². The first-order valence-corrected chi connectivity index (χ1v) is 9.19. The molecule has 1 atom stereocenters. The second kappa shape index (κ2) is 8.26. The minimum Gasteiger partial charge on any atom is -0.383 e.